The summed E-state index contributed by atoms with van der Waals surface area (Å²) in [6.07, 6.45) is 1.16. The van der Waals surface area contributed by atoms with Gasteiger partial charge in [-0.1, -0.05) is 33.8 Å². The quantitative estimate of drug-likeness (QED) is 0.743. The number of aromatic nitrogens is 1. The number of fused-ring (bicyclic) bond motifs is 1. The normalized spacial score (nSPS) is 18.8. The van der Waals surface area contributed by atoms with Crippen molar-refractivity contribution in [3.63, 3.8) is 0 Å². The molecule has 0 N–H and O–H groups in total. The molecule has 1 atom stereocenters. The first-order valence-electron chi connectivity index (χ1n) is 6.19. The SMILES string of the molecule is CCC(C)Sc1ccc2c(n1)N=C(C)C2(C)C. The molecule has 0 amide bonds. The van der Waals surface area contributed by atoms with Crippen LogP contribution in [0.15, 0.2) is 22.2 Å². The maximum Gasteiger partial charge on any atom is 0.157 e. The number of nitrogens with zero attached hydrogens (tertiary/aromatic N) is 2. The first kappa shape index (κ1) is 12.6. The van der Waals surface area contributed by atoms with Crippen molar-refractivity contribution in [3.8, 4) is 0 Å². The average Bonchev–Trinajstić information content (AvgIpc) is 2.49. The summed E-state index contributed by atoms with van der Waals surface area (Å²) in [5.74, 6) is 0.917. The predicted octanol–water partition coefficient (Wildman–Crippen LogP) is 4.36. The van der Waals surface area contributed by atoms with E-state index in [1.165, 1.54) is 5.56 Å². The zero-order valence-corrected chi connectivity index (χ0v) is 12.1. The zero-order valence-electron chi connectivity index (χ0n) is 11.2. The van der Waals surface area contributed by atoms with E-state index in [4.69, 9.17) is 0 Å². The zero-order chi connectivity index (χ0) is 12.6. The number of aliphatic imine (C=N–C) groups is 1. The summed E-state index contributed by atoms with van der Waals surface area (Å²) in [4.78, 5) is 9.25. The van der Waals surface area contributed by atoms with Crippen LogP contribution in [0.4, 0.5) is 5.82 Å². The number of hydrogen-bond donors (Lipinski definition) is 0. The minimum atomic E-state index is 0.0436. The third kappa shape index (κ3) is 2.25. The number of hydrogen-bond acceptors (Lipinski definition) is 3. The number of pyridine rings is 1. The van der Waals surface area contributed by atoms with Gasteiger partial charge in [0.15, 0.2) is 5.82 Å². The van der Waals surface area contributed by atoms with E-state index in [2.05, 4.69) is 56.7 Å². The van der Waals surface area contributed by atoms with Gasteiger partial charge < -0.3 is 0 Å². The molecular formula is C14H20N2S. The third-order valence-corrected chi connectivity index (χ3v) is 4.80. The second-order valence-electron chi connectivity index (χ2n) is 5.18. The van der Waals surface area contributed by atoms with Crippen molar-refractivity contribution in [1.29, 1.82) is 0 Å². The molecule has 1 aromatic heterocycles. The molecule has 1 aromatic rings. The lowest BCUT2D eigenvalue weighted by atomic mass is 9.83. The highest BCUT2D eigenvalue weighted by Gasteiger charge is 2.33. The maximum absolute atomic E-state index is 4.66. The molecule has 3 heteroatoms. The van der Waals surface area contributed by atoms with Gasteiger partial charge in [0.25, 0.3) is 0 Å². The molecule has 2 rings (SSSR count). The number of rotatable bonds is 3. The summed E-state index contributed by atoms with van der Waals surface area (Å²) < 4.78 is 0. The molecule has 0 radical (unpaired) electrons. The van der Waals surface area contributed by atoms with Crippen molar-refractivity contribution >= 4 is 23.3 Å². The Labute approximate surface area is 108 Å². The monoisotopic (exact) mass is 248 g/mol. The van der Waals surface area contributed by atoms with Crippen LogP contribution >= 0.6 is 11.8 Å². The van der Waals surface area contributed by atoms with Crippen LogP contribution in [0.3, 0.4) is 0 Å². The first-order chi connectivity index (χ1) is 7.95. The van der Waals surface area contributed by atoms with E-state index in [1.807, 2.05) is 11.8 Å². The Kier molecular flexibility index (Phi) is 3.30. The minimum absolute atomic E-state index is 0.0436. The van der Waals surface area contributed by atoms with Crippen molar-refractivity contribution in [2.75, 3.05) is 0 Å². The van der Waals surface area contributed by atoms with Gasteiger partial charge in [0.2, 0.25) is 0 Å². The Morgan fingerprint density at radius 3 is 2.71 bits per heavy atom. The fourth-order valence-electron chi connectivity index (χ4n) is 1.85. The molecular weight excluding hydrogens is 228 g/mol. The van der Waals surface area contributed by atoms with Gasteiger partial charge in [-0.3, -0.25) is 0 Å². The lowest BCUT2D eigenvalue weighted by Gasteiger charge is -2.19. The van der Waals surface area contributed by atoms with Gasteiger partial charge in [0.05, 0.1) is 5.03 Å². The molecule has 1 aliphatic rings. The van der Waals surface area contributed by atoms with Crippen molar-refractivity contribution < 1.29 is 0 Å². The predicted molar refractivity (Wildman–Crippen MR) is 75.6 cm³/mol. The third-order valence-electron chi connectivity index (χ3n) is 3.60. The Morgan fingerprint density at radius 1 is 1.35 bits per heavy atom. The van der Waals surface area contributed by atoms with Crippen molar-refractivity contribution in [2.24, 2.45) is 4.99 Å². The molecule has 0 bridgehead atoms. The van der Waals surface area contributed by atoms with E-state index in [-0.39, 0.29) is 5.41 Å². The molecule has 0 aromatic carbocycles. The summed E-state index contributed by atoms with van der Waals surface area (Å²) in [5, 5.41) is 1.70. The van der Waals surface area contributed by atoms with E-state index < -0.39 is 0 Å². The van der Waals surface area contributed by atoms with Crippen LogP contribution in [0.25, 0.3) is 0 Å². The molecule has 2 nitrogen and oxygen atoms in total. The van der Waals surface area contributed by atoms with E-state index in [0.29, 0.717) is 5.25 Å². The highest BCUT2D eigenvalue weighted by atomic mass is 32.2. The molecule has 92 valence electrons. The fraction of sp³-hybridized carbons (Fsp3) is 0.571. The Hall–Kier alpha value is -0.830. The molecule has 0 fully saturated rings. The maximum atomic E-state index is 4.66. The van der Waals surface area contributed by atoms with Gasteiger partial charge in [0.1, 0.15) is 0 Å². The summed E-state index contributed by atoms with van der Waals surface area (Å²) >= 11 is 1.83. The van der Waals surface area contributed by atoms with Crippen LogP contribution in [0.5, 0.6) is 0 Å². The second-order valence-corrected chi connectivity index (χ2v) is 6.64. The highest BCUT2D eigenvalue weighted by Crippen LogP contribution is 2.39. The van der Waals surface area contributed by atoms with Gasteiger partial charge in [-0.05, 0) is 19.4 Å². The van der Waals surface area contributed by atoms with Crippen molar-refractivity contribution in [3.05, 3.63) is 17.7 Å². The standard InChI is InChI=1S/C14H20N2S/c1-6-9(2)17-12-8-7-11-13(16-12)15-10(3)14(11,4)5/h7-9H,6H2,1-5H3. The lowest BCUT2D eigenvalue weighted by Crippen LogP contribution is -2.22. The van der Waals surface area contributed by atoms with E-state index in [9.17, 15) is 0 Å². The van der Waals surface area contributed by atoms with E-state index >= 15 is 0 Å². The Bertz CT molecular complexity index is 463. The second kappa shape index (κ2) is 4.45. The Balaban J connectivity index is 2.31. The van der Waals surface area contributed by atoms with Gasteiger partial charge in [-0.15, -0.1) is 11.8 Å². The lowest BCUT2D eigenvalue weighted by molar-refractivity contribution is 0.729. The summed E-state index contributed by atoms with van der Waals surface area (Å²) in [6.45, 7) is 10.9. The minimum Gasteiger partial charge on any atom is -0.237 e. The van der Waals surface area contributed by atoms with Crippen LogP contribution in [-0.2, 0) is 5.41 Å². The van der Waals surface area contributed by atoms with Crippen molar-refractivity contribution in [2.45, 2.75) is 56.7 Å². The van der Waals surface area contributed by atoms with Crippen LogP contribution < -0.4 is 0 Å². The fourth-order valence-corrected chi connectivity index (χ4v) is 2.72. The van der Waals surface area contributed by atoms with Gasteiger partial charge in [-0.25, -0.2) is 9.98 Å². The van der Waals surface area contributed by atoms with Crippen molar-refractivity contribution in [1.82, 2.24) is 4.98 Å². The van der Waals surface area contributed by atoms with Crippen LogP contribution in [0, 0.1) is 0 Å². The summed E-state index contributed by atoms with van der Waals surface area (Å²) in [6, 6.07) is 4.32. The topological polar surface area (TPSA) is 25.2 Å². The molecule has 0 saturated heterocycles. The molecule has 0 spiro atoms. The molecule has 0 aliphatic carbocycles. The summed E-state index contributed by atoms with van der Waals surface area (Å²) in [7, 11) is 0. The summed E-state index contributed by atoms with van der Waals surface area (Å²) in [5.41, 5.74) is 2.45. The van der Waals surface area contributed by atoms with Gasteiger partial charge in [-0.2, -0.15) is 0 Å². The van der Waals surface area contributed by atoms with E-state index in [0.717, 1.165) is 23.0 Å². The molecule has 1 unspecified atom stereocenters. The largest absolute Gasteiger partial charge is 0.237 e. The smallest absolute Gasteiger partial charge is 0.157 e. The molecule has 1 aliphatic heterocycles. The van der Waals surface area contributed by atoms with Crippen LogP contribution in [0.2, 0.25) is 0 Å². The van der Waals surface area contributed by atoms with Crippen LogP contribution in [-0.4, -0.2) is 15.9 Å². The molecule has 2 heterocycles. The Morgan fingerprint density at radius 2 is 2.06 bits per heavy atom. The highest BCUT2D eigenvalue weighted by molar-refractivity contribution is 7.99. The number of thioether (sulfide) groups is 1. The molecule has 0 saturated carbocycles. The van der Waals surface area contributed by atoms with Gasteiger partial charge in [0, 0.05) is 21.9 Å². The first-order valence-corrected chi connectivity index (χ1v) is 7.07. The average molecular weight is 248 g/mol. The van der Waals surface area contributed by atoms with Gasteiger partial charge >= 0.3 is 0 Å². The van der Waals surface area contributed by atoms with E-state index in [1.54, 1.807) is 0 Å². The molecule has 17 heavy (non-hydrogen) atoms. The van der Waals surface area contributed by atoms with Crippen LogP contribution in [0.1, 0.15) is 46.6 Å².